The van der Waals surface area contributed by atoms with Crippen molar-refractivity contribution >= 4 is 70.8 Å². The van der Waals surface area contributed by atoms with E-state index in [1.54, 1.807) is 0 Å². The molecule has 13 rings (SSSR count). The number of nitrogens with zero attached hydrogens (tertiary/aromatic N) is 4. The maximum absolute atomic E-state index is 11.3. The molecule has 290 valence electrons. The molecular formula is C58H38N4. The smallest absolute Gasteiger partial charge is 0.212 e. The van der Waals surface area contributed by atoms with Gasteiger partial charge in [-0.3, -0.25) is 0 Å². The summed E-state index contributed by atoms with van der Waals surface area (Å²) in [6.07, 6.45) is 0. The molecule has 62 heavy (non-hydrogen) atoms. The zero-order valence-corrected chi connectivity index (χ0v) is 34.8. The fraction of sp³-hybridized carbons (Fsp3) is 0.103. The standard InChI is InChI=1S/C58H38N4/c1-57(2)42-20-12-10-18-38(42)40-24-28-47-53(55(40)57)51-36-16-8-6-14-33(36)22-26-45(51)61(47)49-31-44(60-5)50(30-35(49)32-59)62-46-27-23-34-15-7-9-17-37(34)52(46)54-48(62)29-25-41-39-19-11-13-21-43(39)58(3,4)56(41)54/h6-31H,1-4H3. The van der Waals surface area contributed by atoms with Crippen molar-refractivity contribution in [1.82, 2.24) is 9.13 Å². The van der Waals surface area contributed by atoms with Gasteiger partial charge in [-0.1, -0.05) is 149 Å². The van der Waals surface area contributed by atoms with Gasteiger partial charge in [-0.15, -0.1) is 0 Å². The van der Waals surface area contributed by atoms with Gasteiger partial charge >= 0.3 is 0 Å². The molecule has 0 saturated heterocycles. The maximum Gasteiger partial charge on any atom is 0.212 e. The lowest BCUT2D eigenvalue weighted by Crippen LogP contribution is -2.15. The number of aromatic nitrogens is 2. The van der Waals surface area contributed by atoms with E-state index >= 15 is 0 Å². The van der Waals surface area contributed by atoms with Gasteiger partial charge in [0, 0.05) is 32.4 Å². The summed E-state index contributed by atoms with van der Waals surface area (Å²) in [5.74, 6) is 0. The van der Waals surface area contributed by atoms with E-state index in [9.17, 15) is 5.26 Å². The Hall–Kier alpha value is -7.92. The van der Waals surface area contributed by atoms with Crippen molar-refractivity contribution in [3.8, 4) is 39.7 Å². The molecule has 0 amide bonds. The molecule has 4 nitrogen and oxygen atoms in total. The van der Waals surface area contributed by atoms with E-state index in [0.717, 1.165) is 22.1 Å². The van der Waals surface area contributed by atoms with E-state index < -0.39 is 0 Å². The molecule has 9 aromatic carbocycles. The van der Waals surface area contributed by atoms with Crippen LogP contribution in [0, 0.1) is 17.9 Å². The molecule has 0 unspecified atom stereocenters. The van der Waals surface area contributed by atoms with E-state index in [2.05, 4.69) is 193 Å². The monoisotopic (exact) mass is 790 g/mol. The van der Waals surface area contributed by atoms with Crippen LogP contribution in [0.15, 0.2) is 158 Å². The SMILES string of the molecule is [C-]#[N+]c1cc(-n2c3ccc4c(c3c3c5ccccc5ccc32)C(C)(C)c2ccccc2-4)c(C#N)cc1-n1c2ccc3c(c2c2c4ccccc4ccc21)C(C)(C)c1ccccc1-3. The van der Waals surface area contributed by atoms with Crippen LogP contribution in [0.25, 0.3) is 104 Å². The lowest BCUT2D eigenvalue weighted by Gasteiger charge is -2.23. The number of hydrogen-bond acceptors (Lipinski definition) is 1. The minimum Gasteiger partial charge on any atom is -0.319 e. The van der Waals surface area contributed by atoms with Gasteiger partial charge in [0.25, 0.3) is 0 Å². The van der Waals surface area contributed by atoms with Crippen molar-refractivity contribution in [2.24, 2.45) is 0 Å². The first-order valence-corrected chi connectivity index (χ1v) is 21.4. The van der Waals surface area contributed by atoms with Crippen molar-refractivity contribution in [3.63, 3.8) is 0 Å². The largest absolute Gasteiger partial charge is 0.319 e. The highest BCUT2D eigenvalue weighted by Gasteiger charge is 2.40. The number of hydrogen-bond donors (Lipinski definition) is 0. The first kappa shape index (κ1) is 34.9. The Labute approximate surface area is 358 Å². The second-order valence-corrected chi connectivity index (χ2v) is 18.2. The van der Waals surface area contributed by atoms with E-state index in [0.29, 0.717) is 22.6 Å². The third kappa shape index (κ3) is 4.19. The molecular weight excluding hydrogens is 753 g/mol. The summed E-state index contributed by atoms with van der Waals surface area (Å²) >= 11 is 0. The molecule has 0 bridgehead atoms. The molecule has 0 aliphatic heterocycles. The van der Waals surface area contributed by atoms with Gasteiger partial charge in [0.1, 0.15) is 6.07 Å². The molecule has 0 radical (unpaired) electrons. The summed E-state index contributed by atoms with van der Waals surface area (Å²) in [6.45, 7) is 18.2. The number of benzene rings is 9. The number of rotatable bonds is 2. The summed E-state index contributed by atoms with van der Waals surface area (Å²) < 4.78 is 4.50. The quantitative estimate of drug-likeness (QED) is 0.161. The number of fused-ring (bicyclic) bond motifs is 18. The van der Waals surface area contributed by atoms with E-state index in [-0.39, 0.29) is 10.8 Å². The van der Waals surface area contributed by atoms with Crippen molar-refractivity contribution in [1.29, 1.82) is 5.26 Å². The van der Waals surface area contributed by atoms with Gasteiger partial charge < -0.3 is 9.13 Å². The summed E-state index contributed by atoms with van der Waals surface area (Å²) in [5, 5.41) is 20.7. The van der Waals surface area contributed by atoms with Crippen molar-refractivity contribution in [2.45, 2.75) is 38.5 Å². The Bertz CT molecular complexity index is 3690. The van der Waals surface area contributed by atoms with Crippen LogP contribution in [-0.4, -0.2) is 9.13 Å². The second-order valence-electron chi connectivity index (χ2n) is 18.2. The highest BCUT2D eigenvalue weighted by molar-refractivity contribution is 6.25. The topological polar surface area (TPSA) is 38.0 Å². The van der Waals surface area contributed by atoms with Crippen molar-refractivity contribution < 1.29 is 0 Å². The van der Waals surface area contributed by atoms with Crippen LogP contribution < -0.4 is 0 Å². The third-order valence-electron chi connectivity index (χ3n) is 14.5. The molecule has 11 aromatic rings. The molecule has 0 N–H and O–H groups in total. The molecule has 2 aliphatic carbocycles. The molecule has 4 heteroatoms. The first-order chi connectivity index (χ1) is 30.2. The van der Waals surface area contributed by atoms with Crippen LogP contribution in [-0.2, 0) is 10.8 Å². The average molecular weight is 791 g/mol. The summed E-state index contributed by atoms with van der Waals surface area (Å²) in [5.41, 5.74) is 16.2. The predicted octanol–water partition coefficient (Wildman–Crippen LogP) is 15.2. The zero-order chi connectivity index (χ0) is 41.8. The van der Waals surface area contributed by atoms with E-state index in [4.69, 9.17) is 6.57 Å². The minimum absolute atomic E-state index is 0.261. The minimum atomic E-state index is -0.262. The molecule has 2 aromatic heterocycles. The lowest BCUT2D eigenvalue weighted by atomic mass is 9.80. The molecule has 0 spiro atoms. The summed E-state index contributed by atoms with van der Waals surface area (Å²) in [4.78, 5) is 4.31. The molecule has 0 atom stereocenters. The summed E-state index contributed by atoms with van der Waals surface area (Å²) in [7, 11) is 0. The second kappa shape index (κ2) is 11.9. The fourth-order valence-electron chi connectivity index (χ4n) is 11.9. The molecule has 2 aliphatic rings. The van der Waals surface area contributed by atoms with E-state index in [1.165, 1.54) is 87.6 Å². The Morgan fingerprint density at radius 2 is 0.903 bits per heavy atom. The summed E-state index contributed by atoms with van der Waals surface area (Å²) in [6, 6.07) is 59.1. The van der Waals surface area contributed by atoms with Crippen LogP contribution in [0.4, 0.5) is 5.69 Å². The van der Waals surface area contributed by atoms with Crippen LogP contribution >= 0.6 is 0 Å². The lowest BCUT2D eigenvalue weighted by molar-refractivity contribution is 0.666. The van der Waals surface area contributed by atoms with E-state index in [1.807, 2.05) is 12.1 Å². The van der Waals surface area contributed by atoms with Gasteiger partial charge in [-0.05, 0) is 102 Å². The van der Waals surface area contributed by atoms with Gasteiger partial charge in [0.05, 0.1) is 45.6 Å². The molecule has 2 heterocycles. The van der Waals surface area contributed by atoms with Crippen LogP contribution in [0.2, 0.25) is 0 Å². The average Bonchev–Trinajstić information content (AvgIpc) is 3.97. The van der Waals surface area contributed by atoms with Crippen molar-refractivity contribution in [2.75, 3.05) is 0 Å². The van der Waals surface area contributed by atoms with Crippen LogP contribution in [0.5, 0.6) is 0 Å². The fourth-order valence-corrected chi connectivity index (χ4v) is 11.9. The van der Waals surface area contributed by atoms with Crippen LogP contribution in [0.3, 0.4) is 0 Å². The Kier molecular flexibility index (Phi) is 6.69. The van der Waals surface area contributed by atoms with Gasteiger partial charge in [0.15, 0.2) is 0 Å². The zero-order valence-electron chi connectivity index (χ0n) is 34.8. The highest BCUT2D eigenvalue weighted by Crippen LogP contribution is 2.56. The van der Waals surface area contributed by atoms with Crippen LogP contribution in [0.1, 0.15) is 55.5 Å². The predicted molar refractivity (Wildman–Crippen MR) is 256 cm³/mol. The van der Waals surface area contributed by atoms with Crippen molar-refractivity contribution in [3.05, 3.63) is 197 Å². The third-order valence-corrected chi connectivity index (χ3v) is 14.5. The Balaban J connectivity index is 1.14. The number of nitriles is 1. The van der Waals surface area contributed by atoms with Gasteiger partial charge in [-0.25, -0.2) is 4.85 Å². The first-order valence-electron chi connectivity index (χ1n) is 21.4. The van der Waals surface area contributed by atoms with Gasteiger partial charge in [-0.2, -0.15) is 5.26 Å². The molecule has 0 saturated carbocycles. The molecule has 0 fully saturated rings. The van der Waals surface area contributed by atoms with Gasteiger partial charge in [0.2, 0.25) is 5.69 Å². The highest BCUT2D eigenvalue weighted by atomic mass is 15.0. The normalized spacial score (nSPS) is 14.4. The maximum atomic E-state index is 11.3. The Morgan fingerprint density at radius 3 is 1.40 bits per heavy atom. The Morgan fingerprint density at radius 1 is 0.468 bits per heavy atom.